The standard InChI is InChI=1S/C25H22N4O4/c1-16-10-11-26-21(12-16)27-22(30)15-28(2)23(31)18-7-5-6-17(13-18)14-29-24(32)19-8-3-4-9-20(19)25(29)33/h3-13H,14-15H2,1-2H3,(H,26,27,30). The Balaban J connectivity index is 1.42. The van der Waals surface area contributed by atoms with Gasteiger partial charge in [-0.15, -0.1) is 0 Å². The minimum Gasteiger partial charge on any atom is -0.332 e. The minimum absolute atomic E-state index is 0.0523. The smallest absolute Gasteiger partial charge is 0.261 e. The molecule has 1 aromatic heterocycles. The summed E-state index contributed by atoms with van der Waals surface area (Å²) in [7, 11) is 1.53. The van der Waals surface area contributed by atoms with E-state index in [-0.39, 0.29) is 36.7 Å². The Kier molecular flexibility index (Phi) is 5.99. The van der Waals surface area contributed by atoms with Crippen molar-refractivity contribution >= 4 is 29.4 Å². The first-order chi connectivity index (χ1) is 15.8. The Morgan fingerprint density at radius 2 is 1.67 bits per heavy atom. The molecule has 8 nitrogen and oxygen atoms in total. The molecule has 166 valence electrons. The van der Waals surface area contributed by atoms with Crippen LogP contribution >= 0.6 is 0 Å². The molecule has 1 N–H and O–H groups in total. The van der Waals surface area contributed by atoms with Crippen LogP contribution in [0.15, 0.2) is 66.9 Å². The molecule has 0 bridgehead atoms. The van der Waals surface area contributed by atoms with Gasteiger partial charge in [0, 0.05) is 18.8 Å². The molecule has 3 aromatic rings. The number of hydrogen-bond acceptors (Lipinski definition) is 5. The average molecular weight is 442 g/mol. The maximum absolute atomic E-state index is 12.9. The predicted molar refractivity (Wildman–Crippen MR) is 122 cm³/mol. The van der Waals surface area contributed by atoms with Gasteiger partial charge in [-0.05, 0) is 54.4 Å². The van der Waals surface area contributed by atoms with Crippen molar-refractivity contribution in [1.82, 2.24) is 14.8 Å². The summed E-state index contributed by atoms with van der Waals surface area (Å²) < 4.78 is 0. The van der Waals surface area contributed by atoms with E-state index in [1.165, 1.54) is 16.8 Å². The highest BCUT2D eigenvalue weighted by molar-refractivity contribution is 6.21. The van der Waals surface area contributed by atoms with Gasteiger partial charge in [0.15, 0.2) is 0 Å². The van der Waals surface area contributed by atoms with Crippen LogP contribution < -0.4 is 5.32 Å². The summed E-state index contributed by atoms with van der Waals surface area (Å²) in [6.45, 7) is 1.79. The second-order valence-corrected chi connectivity index (χ2v) is 7.87. The van der Waals surface area contributed by atoms with Crippen LogP contribution in [0.3, 0.4) is 0 Å². The van der Waals surface area contributed by atoms with Gasteiger partial charge in [0.2, 0.25) is 5.91 Å². The topological polar surface area (TPSA) is 99.7 Å². The number of aryl methyl sites for hydroxylation is 1. The molecule has 33 heavy (non-hydrogen) atoms. The molecule has 8 heteroatoms. The lowest BCUT2D eigenvalue weighted by molar-refractivity contribution is -0.116. The maximum Gasteiger partial charge on any atom is 0.261 e. The third-order valence-electron chi connectivity index (χ3n) is 5.30. The zero-order valence-corrected chi connectivity index (χ0v) is 18.2. The minimum atomic E-state index is -0.369. The van der Waals surface area contributed by atoms with Crippen molar-refractivity contribution < 1.29 is 19.2 Å². The molecule has 1 aliphatic heterocycles. The predicted octanol–water partition coefficient (Wildman–Crippen LogP) is 2.90. The molecule has 2 heterocycles. The van der Waals surface area contributed by atoms with Crippen LogP contribution in [0.2, 0.25) is 0 Å². The number of pyridine rings is 1. The molecule has 0 aliphatic carbocycles. The lowest BCUT2D eigenvalue weighted by atomic mass is 10.1. The number of amides is 4. The summed E-state index contributed by atoms with van der Waals surface area (Å²) in [4.78, 5) is 57.0. The fourth-order valence-electron chi connectivity index (χ4n) is 3.66. The Labute approximate surface area is 190 Å². The summed E-state index contributed by atoms with van der Waals surface area (Å²) in [6.07, 6.45) is 1.60. The average Bonchev–Trinajstić information content (AvgIpc) is 3.03. The van der Waals surface area contributed by atoms with E-state index in [1.54, 1.807) is 60.8 Å². The zero-order chi connectivity index (χ0) is 23.5. The molecule has 0 saturated heterocycles. The van der Waals surface area contributed by atoms with Crippen molar-refractivity contribution in [2.75, 3.05) is 18.9 Å². The molecule has 2 aromatic carbocycles. The van der Waals surface area contributed by atoms with E-state index in [0.717, 1.165) is 5.56 Å². The van der Waals surface area contributed by atoms with Crippen LogP contribution in [-0.2, 0) is 11.3 Å². The van der Waals surface area contributed by atoms with Crippen LogP contribution in [0.1, 0.15) is 42.2 Å². The molecular formula is C25H22N4O4. The van der Waals surface area contributed by atoms with Crippen molar-refractivity contribution in [1.29, 1.82) is 0 Å². The lowest BCUT2D eigenvalue weighted by Crippen LogP contribution is -2.35. The molecule has 0 fully saturated rings. The number of carbonyl (C=O) groups is 4. The number of likely N-dealkylation sites (N-methyl/N-ethyl adjacent to an activating group) is 1. The fourth-order valence-corrected chi connectivity index (χ4v) is 3.66. The summed E-state index contributed by atoms with van der Waals surface area (Å²) in [5, 5.41) is 2.67. The summed E-state index contributed by atoms with van der Waals surface area (Å²) in [6, 6.07) is 16.9. The fraction of sp³-hybridized carbons (Fsp3) is 0.160. The molecule has 0 radical (unpaired) electrons. The van der Waals surface area contributed by atoms with E-state index in [2.05, 4.69) is 10.3 Å². The molecule has 1 aliphatic rings. The zero-order valence-electron chi connectivity index (χ0n) is 18.2. The number of nitrogens with zero attached hydrogens (tertiary/aromatic N) is 3. The Bertz CT molecular complexity index is 1240. The number of imide groups is 1. The van der Waals surface area contributed by atoms with Crippen LogP contribution in [-0.4, -0.2) is 52.0 Å². The van der Waals surface area contributed by atoms with Crippen LogP contribution in [0, 0.1) is 6.92 Å². The summed E-state index contributed by atoms with van der Waals surface area (Å²) in [5.41, 5.74) is 2.71. The van der Waals surface area contributed by atoms with Gasteiger partial charge < -0.3 is 10.2 Å². The molecule has 0 atom stereocenters. The van der Waals surface area contributed by atoms with E-state index in [4.69, 9.17) is 0 Å². The van der Waals surface area contributed by atoms with Gasteiger partial charge in [-0.25, -0.2) is 4.98 Å². The molecule has 4 rings (SSSR count). The van der Waals surface area contributed by atoms with Crippen LogP contribution in [0.5, 0.6) is 0 Å². The first-order valence-corrected chi connectivity index (χ1v) is 10.4. The molecule has 0 unspecified atom stereocenters. The highest BCUT2D eigenvalue weighted by atomic mass is 16.2. The summed E-state index contributed by atoms with van der Waals surface area (Å²) in [5.74, 6) is -1.02. The van der Waals surface area contributed by atoms with Crippen molar-refractivity contribution in [3.63, 3.8) is 0 Å². The number of fused-ring (bicyclic) bond motifs is 1. The number of anilines is 1. The molecule has 0 spiro atoms. The molecule has 0 saturated carbocycles. The van der Waals surface area contributed by atoms with E-state index in [1.807, 2.05) is 13.0 Å². The van der Waals surface area contributed by atoms with Gasteiger partial charge in [-0.3, -0.25) is 24.1 Å². The van der Waals surface area contributed by atoms with E-state index >= 15 is 0 Å². The summed E-state index contributed by atoms with van der Waals surface area (Å²) >= 11 is 0. The lowest BCUT2D eigenvalue weighted by Gasteiger charge is -2.18. The number of nitrogens with one attached hydrogen (secondary N) is 1. The Hall–Kier alpha value is -4.33. The van der Waals surface area contributed by atoms with Crippen molar-refractivity contribution in [3.05, 3.63) is 94.7 Å². The van der Waals surface area contributed by atoms with Crippen LogP contribution in [0.25, 0.3) is 0 Å². The number of benzene rings is 2. The number of aromatic nitrogens is 1. The monoisotopic (exact) mass is 442 g/mol. The van der Waals surface area contributed by atoms with E-state index in [0.29, 0.717) is 28.1 Å². The SMILES string of the molecule is Cc1ccnc(NC(=O)CN(C)C(=O)c2cccc(CN3C(=O)c4ccccc4C3=O)c2)c1. The van der Waals surface area contributed by atoms with Gasteiger partial charge in [-0.1, -0.05) is 24.3 Å². The Morgan fingerprint density at radius 3 is 2.33 bits per heavy atom. The van der Waals surface area contributed by atoms with Crippen molar-refractivity contribution in [3.8, 4) is 0 Å². The Morgan fingerprint density at radius 1 is 0.970 bits per heavy atom. The highest BCUT2D eigenvalue weighted by Gasteiger charge is 2.35. The van der Waals surface area contributed by atoms with Gasteiger partial charge in [-0.2, -0.15) is 0 Å². The van der Waals surface area contributed by atoms with Gasteiger partial charge in [0.05, 0.1) is 24.2 Å². The first-order valence-electron chi connectivity index (χ1n) is 10.4. The second kappa shape index (κ2) is 9.04. The first kappa shape index (κ1) is 21.9. The number of rotatable bonds is 6. The third-order valence-corrected chi connectivity index (χ3v) is 5.30. The van der Waals surface area contributed by atoms with E-state index < -0.39 is 0 Å². The second-order valence-electron chi connectivity index (χ2n) is 7.87. The molecule has 4 amide bonds. The van der Waals surface area contributed by atoms with Crippen molar-refractivity contribution in [2.45, 2.75) is 13.5 Å². The normalized spacial score (nSPS) is 12.5. The maximum atomic E-state index is 12.9. The highest BCUT2D eigenvalue weighted by Crippen LogP contribution is 2.24. The number of hydrogen-bond donors (Lipinski definition) is 1. The third kappa shape index (κ3) is 4.64. The quantitative estimate of drug-likeness (QED) is 0.592. The van der Waals surface area contributed by atoms with Gasteiger partial charge in [0.1, 0.15) is 5.82 Å². The van der Waals surface area contributed by atoms with Gasteiger partial charge in [0.25, 0.3) is 17.7 Å². The largest absolute Gasteiger partial charge is 0.332 e. The van der Waals surface area contributed by atoms with Crippen molar-refractivity contribution in [2.24, 2.45) is 0 Å². The van der Waals surface area contributed by atoms with Gasteiger partial charge >= 0.3 is 0 Å². The number of carbonyl (C=O) groups excluding carboxylic acids is 4. The molecular weight excluding hydrogens is 420 g/mol. The van der Waals surface area contributed by atoms with Crippen LogP contribution in [0.4, 0.5) is 5.82 Å². The van der Waals surface area contributed by atoms with E-state index in [9.17, 15) is 19.2 Å².